The number of nitrogens with zero attached hydrogens (tertiary/aromatic N) is 1. The number of nitrogens with two attached hydrogens (primary N) is 1. The van der Waals surface area contributed by atoms with Gasteiger partial charge in [0.2, 0.25) is 10.0 Å². The summed E-state index contributed by atoms with van der Waals surface area (Å²) in [5.41, 5.74) is 0.432. The van der Waals surface area contributed by atoms with Gasteiger partial charge in [-0.25, -0.2) is 13.6 Å². The second-order valence-corrected chi connectivity index (χ2v) is 5.78. The van der Waals surface area contributed by atoms with Crippen LogP contribution < -0.4 is 10.0 Å². The van der Waals surface area contributed by atoms with Crippen molar-refractivity contribution in [2.24, 2.45) is 5.14 Å². The van der Waals surface area contributed by atoms with Gasteiger partial charge in [0.05, 0.1) is 12.1 Å². The summed E-state index contributed by atoms with van der Waals surface area (Å²) in [6, 6.07) is 5.99. The molecular formula is C12H18N2O4S. The van der Waals surface area contributed by atoms with Crippen LogP contribution in [-0.2, 0) is 14.8 Å². The molecule has 1 aromatic carbocycles. The molecule has 0 fully saturated rings. The minimum absolute atomic E-state index is 0.00842. The van der Waals surface area contributed by atoms with Crippen LogP contribution in [0, 0.1) is 0 Å². The molecular weight excluding hydrogens is 268 g/mol. The summed E-state index contributed by atoms with van der Waals surface area (Å²) in [6.45, 7) is 4.05. The quantitative estimate of drug-likeness (QED) is 0.813. The van der Waals surface area contributed by atoms with Crippen molar-refractivity contribution >= 4 is 21.7 Å². The van der Waals surface area contributed by atoms with Gasteiger partial charge >= 0.3 is 5.97 Å². The van der Waals surface area contributed by atoms with Crippen molar-refractivity contribution in [1.82, 2.24) is 0 Å². The zero-order chi connectivity index (χ0) is 14.6. The molecule has 0 aliphatic heterocycles. The predicted molar refractivity (Wildman–Crippen MR) is 72.6 cm³/mol. The molecule has 0 spiro atoms. The van der Waals surface area contributed by atoms with Crippen LogP contribution >= 0.6 is 0 Å². The summed E-state index contributed by atoms with van der Waals surface area (Å²) < 4.78 is 23.1. The Morgan fingerprint density at radius 3 is 2.47 bits per heavy atom. The van der Waals surface area contributed by atoms with Crippen LogP contribution in [0.15, 0.2) is 29.2 Å². The van der Waals surface area contributed by atoms with E-state index in [1.807, 2.05) is 6.92 Å². The zero-order valence-corrected chi connectivity index (χ0v) is 11.7. The van der Waals surface area contributed by atoms with Gasteiger partial charge < -0.3 is 10.0 Å². The van der Waals surface area contributed by atoms with Crippen molar-refractivity contribution in [3.05, 3.63) is 24.3 Å². The lowest BCUT2D eigenvalue weighted by Crippen LogP contribution is -2.36. The number of sulfonamides is 1. The Kier molecular flexibility index (Phi) is 4.90. The summed E-state index contributed by atoms with van der Waals surface area (Å²) in [5, 5.41) is 14.0. The second kappa shape index (κ2) is 6.03. The van der Waals surface area contributed by atoms with E-state index in [1.165, 1.54) is 6.07 Å². The maximum atomic E-state index is 11.6. The molecule has 19 heavy (non-hydrogen) atoms. The summed E-state index contributed by atoms with van der Waals surface area (Å²) >= 11 is 0. The molecule has 1 rings (SSSR count). The van der Waals surface area contributed by atoms with E-state index >= 15 is 0 Å². The highest BCUT2D eigenvalue weighted by molar-refractivity contribution is 7.89. The number of hydrogen-bond donors (Lipinski definition) is 2. The van der Waals surface area contributed by atoms with Gasteiger partial charge in [0.25, 0.3) is 0 Å². The van der Waals surface area contributed by atoms with E-state index in [-0.39, 0.29) is 17.4 Å². The third-order valence-corrected chi connectivity index (χ3v) is 3.78. The van der Waals surface area contributed by atoms with Crippen LogP contribution in [0.3, 0.4) is 0 Å². The molecule has 0 saturated carbocycles. The highest BCUT2D eigenvalue weighted by Gasteiger charge is 2.22. The molecule has 7 heteroatoms. The maximum absolute atomic E-state index is 11.6. The molecule has 0 aliphatic rings. The lowest BCUT2D eigenvalue weighted by molar-refractivity contribution is -0.137. The first-order valence-corrected chi connectivity index (χ1v) is 7.42. The van der Waals surface area contributed by atoms with E-state index in [2.05, 4.69) is 0 Å². The first-order valence-electron chi connectivity index (χ1n) is 5.87. The average Bonchev–Trinajstić information content (AvgIpc) is 2.28. The zero-order valence-electron chi connectivity index (χ0n) is 10.9. The fourth-order valence-corrected chi connectivity index (χ4v) is 2.76. The van der Waals surface area contributed by atoms with E-state index in [0.29, 0.717) is 12.2 Å². The van der Waals surface area contributed by atoms with Gasteiger partial charge in [0, 0.05) is 12.6 Å². The number of carboxylic acids is 1. The number of rotatable bonds is 6. The Labute approximate surface area is 112 Å². The number of carboxylic acid groups (broad SMARTS) is 1. The number of hydrogen-bond acceptors (Lipinski definition) is 4. The van der Waals surface area contributed by atoms with Crippen LogP contribution in [0.1, 0.15) is 20.3 Å². The van der Waals surface area contributed by atoms with Gasteiger partial charge in [0.15, 0.2) is 0 Å². The molecule has 1 unspecified atom stereocenters. The number of carbonyl (C=O) groups is 1. The molecule has 0 heterocycles. The molecule has 0 amide bonds. The van der Waals surface area contributed by atoms with E-state index in [0.717, 1.165) is 0 Å². The molecule has 6 nitrogen and oxygen atoms in total. The first kappa shape index (κ1) is 15.5. The third-order valence-electron chi connectivity index (χ3n) is 2.82. The van der Waals surface area contributed by atoms with Crippen molar-refractivity contribution in [3.8, 4) is 0 Å². The predicted octanol–water partition coefficient (Wildman–Crippen LogP) is 1.02. The number of aliphatic carboxylic acids is 1. The normalized spacial score (nSPS) is 13.0. The third kappa shape index (κ3) is 3.93. The number of para-hydroxylation sites is 1. The molecule has 106 valence electrons. The minimum Gasteiger partial charge on any atom is -0.481 e. The van der Waals surface area contributed by atoms with Crippen molar-refractivity contribution < 1.29 is 18.3 Å². The van der Waals surface area contributed by atoms with Crippen LogP contribution in [0.4, 0.5) is 5.69 Å². The van der Waals surface area contributed by atoms with Gasteiger partial charge in [-0.1, -0.05) is 12.1 Å². The smallest absolute Gasteiger partial charge is 0.305 e. The molecule has 0 aliphatic carbocycles. The van der Waals surface area contributed by atoms with E-state index in [4.69, 9.17) is 10.2 Å². The number of primary sulfonamides is 1. The molecule has 0 bridgehead atoms. The SMILES string of the molecule is CCN(c1ccccc1S(N)(=O)=O)C(C)CC(=O)O. The maximum Gasteiger partial charge on any atom is 0.305 e. The molecule has 0 saturated heterocycles. The molecule has 0 aromatic heterocycles. The van der Waals surface area contributed by atoms with Gasteiger partial charge in [-0.2, -0.15) is 0 Å². The molecule has 1 atom stereocenters. The lowest BCUT2D eigenvalue weighted by atomic mass is 10.1. The van der Waals surface area contributed by atoms with Crippen molar-refractivity contribution in [3.63, 3.8) is 0 Å². The highest BCUT2D eigenvalue weighted by Crippen LogP contribution is 2.26. The van der Waals surface area contributed by atoms with Gasteiger partial charge in [-0.05, 0) is 26.0 Å². The Balaban J connectivity index is 3.23. The average molecular weight is 286 g/mol. The largest absolute Gasteiger partial charge is 0.481 e. The van der Waals surface area contributed by atoms with Crippen LogP contribution in [0.25, 0.3) is 0 Å². The van der Waals surface area contributed by atoms with Crippen LogP contribution in [0.5, 0.6) is 0 Å². The van der Waals surface area contributed by atoms with Crippen LogP contribution in [0.2, 0.25) is 0 Å². The standard InChI is InChI=1S/C12H18N2O4S/c1-3-14(9(2)8-12(15)16)10-6-4-5-7-11(10)19(13,17)18/h4-7,9H,3,8H2,1-2H3,(H,15,16)(H2,13,17,18). The Hall–Kier alpha value is -1.60. The summed E-state index contributed by atoms with van der Waals surface area (Å²) in [5.74, 6) is -0.931. The first-order chi connectivity index (χ1) is 8.77. The summed E-state index contributed by atoms with van der Waals surface area (Å²) in [6.07, 6.45) is -0.0766. The van der Waals surface area contributed by atoms with E-state index < -0.39 is 16.0 Å². The molecule has 1 aromatic rings. The van der Waals surface area contributed by atoms with Crippen molar-refractivity contribution in [2.75, 3.05) is 11.4 Å². The molecule has 0 radical (unpaired) electrons. The topological polar surface area (TPSA) is 101 Å². The molecule has 3 N–H and O–H groups in total. The summed E-state index contributed by atoms with van der Waals surface area (Å²) in [4.78, 5) is 12.5. The van der Waals surface area contributed by atoms with Gasteiger partial charge in [-0.3, -0.25) is 4.79 Å². The number of benzene rings is 1. The van der Waals surface area contributed by atoms with Gasteiger partial charge in [-0.15, -0.1) is 0 Å². The monoisotopic (exact) mass is 286 g/mol. The highest BCUT2D eigenvalue weighted by atomic mass is 32.2. The van der Waals surface area contributed by atoms with Crippen molar-refractivity contribution in [1.29, 1.82) is 0 Å². The van der Waals surface area contributed by atoms with Crippen molar-refractivity contribution in [2.45, 2.75) is 31.2 Å². The number of anilines is 1. The Morgan fingerprint density at radius 1 is 1.42 bits per heavy atom. The van der Waals surface area contributed by atoms with Crippen LogP contribution in [-0.4, -0.2) is 32.1 Å². The Morgan fingerprint density at radius 2 is 2.00 bits per heavy atom. The fraction of sp³-hybridized carbons (Fsp3) is 0.417. The Bertz CT molecular complexity index is 557. The lowest BCUT2D eigenvalue weighted by Gasteiger charge is -2.30. The summed E-state index contributed by atoms with van der Waals surface area (Å²) in [7, 11) is -3.84. The van der Waals surface area contributed by atoms with E-state index in [9.17, 15) is 13.2 Å². The van der Waals surface area contributed by atoms with E-state index in [1.54, 1.807) is 30.0 Å². The van der Waals surface area contributed by atoms with Gasteiger partial charge in [0.1, 0.15) is 4.90 Å². The fourth-order valence-electron chi connectivity index (χ4n) is 2.02. The minimum atomic E-state index is -3.84. The second-order valence-electron chi connectivity index (χ2n) is 4.25.